The second-order valence-electron chi connectivity index (χ2n) is 10.6. The molecule has 1 fully saturated rings. The first-order valence-electron chi connectivity index (χ1n) is 13.7. The number of amides is 2. The molecule has 0 radical (unpaired) electrons. The molecule has 1 aromatic carbocycles. The third-order valence-corrected chi connectivity index (χ3v) is 8.26. The number of carbonyl (C=O) groups excluding carboxylic acids is 3. The van der Waals surface area contributed by atoms with Crippen molar-refractivity contribution in [2.24, 2.45) is 0 Å². The zero-order chi connectivity index (χ0) is 29.8. The van der Waals surface area contributed by atoms with Crippen LogP contribution in [0.25, 0.3) is 6.08 Å². The normalized spacial score (nSPS) is 17.6. The van der Waals surface area contributed by atoms with Crippen molar-refractivity contribution < 1.29 is 36.8 Å². The molecule has 10 nitrogen and oxygen atoms in total. The van der Waals surface area contributed by atoms with E-state index < -0.39 is 33.3 Å². The molecular formula is C30H35N3O7S. The fraction of sp³-hybridized carbons (Fsp3) is 0.400. The Kier molecular flexibility index (Phi) is 9.08. The van der Waals surface area contributed by atoms with Gasteiger partial charge in [-0.25, -0.2) is 17.8 Å². The van der Waals surface area contributed by atoms with Crippen LogP contribution < -0.4 is 9.47 Å². The van der Waals surface area contributed by atoms with Crippen LogP contribution in [0.4, 0.5) is 5.69 Å². The molecule has 1 saturated heterocycles. The number of hydroxylamine groups is 2. The molecule has 1 aromatic heterocycles. The average Bonchev–Trinajstić information content (AvgIpc) is 3.35. The van der Waals surface area contributed by atoms with Gasteiger partial charge in [-0.2, -0.15) is 0 Å². The molecule has 11 heteroatoms. The van der Waals surface area contributed by atoms with Crippen LogP contribution in [0.5, 0.6) is 0 Å². The Labute approximate surface area is 240 Å². The number of rotatable bonds is 11. The minimum atomic E-state index is -4.54. The van der Waals surface area contributed by atoms with Crippen molar-refractivity contribution in [2.45, 2.75) is 76.2 Å². The fourth-order valence-corrected chi connectivity index (χ4v) is 5.67. The standard InChI is InChI=1S/C30H35N3O7S/c1-4-32-25-13-12-23(41(37,38)39)21-24(25)30(2,3)26(32)10-8-9-22-16-19-31(20-17-22)18-7-5-6-11-29(36)40-33-27(34)14-15-28(33)35/h8-10,12-13,16-17,19-21H,4-7,11,14-15,18H2,1-3H3. The van der Waals surface area contributed by atoms with Crippen molar-refractivity contribution in [2.75, 3.05) is 11.4 Å². The fourth-order valence-electron chi connectivity index (χ4n) is 5.18. The van der Waals surface area contributed by atoms with Crippen molar-refractivity contribution in [1.82, 2.24) is 5.06 Å². The van der Waals surface area contributed by atoms with Gasteiger partial charge in [-0.05, 0) is 55.2 Å². The largest absolute Gasteiger partial charge is 0.744 e. The van der Waals surface area contributed by atoms with Gasteiger partial charge in [-0.1, -0.05) is 26.0 Å². The van der Waals surface area contributed by atoms with E-state index in [9.17, 15) is 27.4 Å². The first-order valence-corrected chi connectivity index (χ1v) is 15.1. The van der Waals surface area contributed by atoms with Gasteiger partial charge in [0.1, 0.15) is 16.7 Å². The summed E-state index contributed by atoms with van der Waals surface area (Å²) in [4.78, 5) is 41.7. The molecule has 218 valence electrons. The minimum Gasteiger partial charge on any atom is -0.744 e. The van der Waals surface area contributed by atoms with Crippen LogP contribution in [0.2, 0.25) is 0 Å². The van der Waals surface area contributed by atoms with Crippen LogP contribution in [0.1, 0.15) is 70.4 Å². The van der Waals surface area contributed by atoms with Gasteiger partial charge in [0, 0.05) is 61.2 Å². The third kappa shape index (κ3) is 6.91. The summed E-state index contributed by atoms with van der Waals surface area (Å²) in [5.41, 5.74) is 3.27. The molecule has 0 spiro atoms. The van der Waals surface area contributed by atoms with Crippen LogP contribution in [-0.4, -0.2) is 42.4 Å². The average molecular weight is 582 g/mol. The quantitative estimate of drug-likeness (QED) is 0.170. The Morgan fingerprint density at radius 3 is 2.39 bits per heavy atom. The smallest absolute Gasteiger partial charge is 0.333 e. The molecule has 2 aliphatic rings. The summed E-state index contributed by atoms with van der Waals surface area (Å²) in [5, 5.41) is 0.581. The number of likely N-dealkylation sites (N-methyl/N-ethyl adjacent to an activating group) is 1. The molecule has 4 rings (SSSR count). The van der Waals surface area contributed by atoms with Crippen LogP contribution in [0, 0.1) is 0 Å². The number of imide groups is 1. The predicted octanol–water partition coefficient (Wildman–Crippen LogP) is 3.76. The van der Waals surface area contributed by atoms with E-state index in [0.717, 1.165) is 41.9 Å². The van der Waals surface area contributed by atoms with Gasteiger partial charge < -0.3 is 14.3 Å². The summed E-state index contributed by atoms with van der Waals surface area (Å²) in [5.74, 6) is -1.51. The number of benzene rings is 1. The lowest BCUT2D eigenvalue weighted by Crippen LogP contribution is -2.32. The number of allylic oxidation sites excluding steroid dienone is 3. The highest BCUT2D eigenvalue weighted by Crippen LogP contribution is 2.48. The van der Waals surface area contributed by atoms with Crippen molar-refractivity contribution in [3.05, 3.63) is 71.7 Å². The number of aromatic nitrogens is 1. The molecule has 0 atom stereocenters. The highest BCUT2D eigenvalue weighted by Gasteiger charge is 2.39. The van der Waals surface area contributed by atoms with Gasteiger partial charge in [0.05, 0.1) is 4.90 Å². The molecule has 0 unspecified atom stereocenters. The number of nitrogens with zero attached hydrogens (tertiary/aromatic N) is 3. The van der Waals surface area contributed by atoms with Crippen LogP contribution in [0.3, 0.4) is 0 Å². The summed E-state index contributed by atoms with van der Waals surface area (Å²) in [6, 6.07) is 8.58. The maximum atomic E-state index is 11.9. The molecule has 0 aliphatic carbocycles. The molecule has 3 heterocycles. The number of hydrogen-bond donors (Lipinski definition) is 0. The van der Waals surface area contributed by atoms with Gasteiger partial charge in [-0.15, -0.1) is 5.06 Å². The van der Waals surface area contributed by atoms with Crippen molar-refractivity contribution in [3.8, 4) is 0 Å². The summed E-state index contributed by atoms with van der Waals surface area (Å²) in [6.45, 7) is 7.55. The molecule has 0 saturated carbocycles. The Hall–Kier alpha value is -3.83. The second-order valence-corrected chi connectivity index (χ2v) is 12.0. The molecule has 41 heavy (non-hydrogen) atoms. The van der Waals surface area contributed by atoms with Crippen molar-refractivity contribution in [1.29, 1.82) is 0 Å². The zero-order valence-electron chi connectivity index (χ0n) is 23.5. The maximum Gasteiger partial charge on any atom is 0.333 e. The van der Waals surface area contributed by atoms with Gasteiger partial charge in [0.25, 0.3) is 11.8 Å². The molecular weight excluding hydrogens is 546 g/mol. The monoisotopic (exact) mass is 581 g/mol. The summed E-state index contributed by atoms with van der Waals surface area (Å²) in [7, 11) is -4.54. The van der Waals surface area contributed by atoms with Gasteiger partial charge in [0.15, 0.2) is 12.4 Å². The third-order valence-electron chi connectivity index (χ3n) is 7.42. The Morgan fingerprint density at radius 1 is 1.07 bits per heavy atom. The zero-order valence-corrected chi connectivity index (χ0v) is 24.4. The van der Waals surface area contributed by atoms with Crippen LogP contribution in [0.15, 0.2) is 65.5 Å². The minimum absolute atomic E-state index is 0.0843. The second kappa shape index (κ2) is 12.4. The molecule has 2 aromatic rings. The van der Waals surface area contributed by atoms with E-state index in [4.69, 9.17) is 4.84 Å². The van der Waals surface area contributed by atoms with E-state index in [1.54, 1.807) is 6.07 Å². The highest BCUT2D eigenvalue weighted by molar-refractivity contribution is 7.85. The van der Waals surface area contributed by atoms with Gasteiger partial charge >= 0.3 is 5.97 Å². The van der Waals surface area contributed by atoms with Crippen LogP contribution in [-0.2, 0) is 41.3 Å². The highest BCUT2D eigenvalue weighted by atomic mass is 32.2. The number of aryl methyl sites for hydroxylation is 1. The molecule has 2 aliphatic heterocycles. The number of pyridine rings is 1. The van der Waals surface area contributed by atoms with E-state index in [1.165, 1.54) is 12.1 Å². The topological polar surface area (TPSA) is 128 Å². The number of hydrogen-bond acceptors (Lipinski definition) is 8. The lowest BCUT2D eigenvalue weighted by molar-refractivity contribution is -0.697. The van der Waals surface area contributed by atoms with Crippen molar-refractivity contribution in [3.63, 3.8) is 0 Å². The Bertz CT molecular complexity index is 1480. The lowest BCUT2D eigenvalue weighted by atomic mass is 9.83. The van der Waals surface area contributed by atoms with Crippen LogP contribution >= 0.6 is 0 Å². The molecule has 0 bridgehead atoms. The Morgan fingerprint density at radius 2 is 1.76 bits per heavy atom. The first-order chi connectivity index (χ1) is 19.4. The van der Waals surface area contributed by atoms with Crippen molar-refractivity contribution >= 4 is 39.7 Å². The maximum absolute atomic E-state index is 11.9. The number of anilines is 1. The Balaban J connectivity index is 1.29. The van der Waals surface area contributed by atoms with E-state index in [-0.39, 0.29) is 24.2 Å². The van der Waals surface area contributed by atoms with E-state index >= 15 is 0 Å². The van der Waals surface area contributed by atoms with Gasteiger partial charge in [0.2, 0.25) is 0 Å². The predicted molar refractivity (Wildman–Crippen MR) is 150 cm³/mol. The molecule has 0 N–H and O–H groups in total. The number of carbonyl (C=O) groups is 3. The summed E-state index contributed by atoms with van der Waals surface area (Å²) in [6.07, 6.45) is 12.6. The van der Waals surface area contributed by atoms with E-state index in [1.807, 2.05) is 63.5 Å². The number of unbranched alkanes of at least 4 members (excludes halogenated alkanes) is 2. The summed E-state index contributed by atoms with van der Waals surface area (Å²) < 4.78 is 36.8. The lowest BCUT2D eigenvalue weighted by Gasteiger charge is -2.25. The van der Waals surface area contributed by atoms with E-state index in [0.29, 0.717) is 18.0 Å². The first kappa shape index (κ1) is 30.1. The molecule has 2 amide bonds. The number of fused-ring (bicyclic) bond motifs is 1. The summed E-state index contributed by atoms with van der Waals surface area (Å²) >= 11 is 0. The van der Waals surface area contributed by atoms with Gasteiger partial charge in [-0.3, -0.25) is 9.59 Å². The van der Waals surface area contributed by atoms with E-state index in [2.05, 4.69) is 9.47 Å². The SMILES string of the molecule is CCN1C(=CC=Cc2cc[n+](CCCCCC(=O)ON3C(=O)CCC3=O)cc2)C(C)(C)c2cc(S(=O)(=O)[O-])ccc21.